The Bertz CT molecular complexity index is 497. The van der Waals surface area contributed by atoms with E-state index in [1.54, 1.807) is 31.4 Å². The Morgan fingerprint density at radius 3 is 2.27 bits per heavy atom. The number of halogens is 3. The number of amides is 1. The van der Waals surface area contributed by atoms with Gasteiger partial charge < -0.3 is 10.1 Å². The standard InChI is InChI=1S/C15H19Cl3N2O2/c1-22-12-7-5-11(6-8-12)13(21)19-14(15(16,17)18)20-9-3-2-4-10-20/h5-8,14H,2-4,9-10H2,1H3,(H,19,21). The lowest BCUT2D eigenvalue weighted by Crippen LogP contribution is -2.56. The van der Waals surface area contributed by atoms with Crippen molar-refractivity contribution in [2.75, 3.05) is 20.2 Å². The fourth-order valence-corrected chi connectivity index (χ4v) is 3.08. The number of nitrogens with zero attached hydrogens (tertiary/aromatic N) is 1. The van der Waals surface area contributed by atoms with Crippen LogP contribution in [0.25, 0.3) is 0 Å². The van der Waals surface area contributed by atoms with Crippen molar-refractivity contribution >= 4 is 40.7 Å². The average Bonchev–Trinajstić information content (AvgIpc) is 2.52. The highest BCUT2D eigenvalue weighted by atomic mass is 35.6. The highest BCUT2D eigenvalue weighted by molar-refractivity contribution is 6.68. The number of rotatable bonds is 4. The maximum Gasteiger partial charge on any atom is 0.252 e. The summed E-state index contributed by atoms with van der Waals surface area (Å²) in [5.74, 6) is 0.412. The van der Waals surface area contributed by atoms with Crippen LogP contribution in [0, 0.1) is 0 Å². The summed E-state index contributed by atoms with van der Waals surface area (Å²) in [6.45, 7) is 1.61. The molecule has 1 atom stereocenters. The summed E-state index contributed by atoms with van der Waals surface area (Å²) < 4.78 is 3.49. The summed E-state index contributed by atoms with van der Waals surface area (Å²) in [5, 5.41) is 2.83. The fourth-order valence-electron chi connectivity index (χ4n) is 2.51. The second-order valence-electron chi connectivity index (χ2n) is 5.24. The van der Waals surface area contributed by atoms with Gasteiger partial charge in [0, 0.05) is 18.7 Å². The zero-order chi connectivity index (χ0) is 16.2. The Morgan fingerprint density at radius 1 is 1.18 bits per heavy atom. The molecule has 1 fully saturated rings. The molecule has 22 heavy (non-hydrogen) atoms. The number of benzene rings is 1. The van der Waals surface area contributed by atoms with Gasteiger partial charge in [0.25, 0.3) is 5.91 Å². The number of carbonyl (C=O) groups is 1. The van der Waals surface area contributed by atoms with E-state index in [9.17, 15) is 4.79 Å². The van der Waals surface area contributed by atoms with Gasteiger partial charge in [0.2, 0.25) is 3.79 Å². The van der Waals surface area contributed by atoms with Crippen molar-refractivity contribution in [3.8, 4) is 5.75 Å². The van der Waals surface area contributed by atoms with E-state index in [-0.39, 0.29) is 5.91 Å². The topological polar surface area (TPSA) is 41.6 Å². The van der Waals surface area contributed by atoms with Crippen molar-refractivity contribution in [1.82, 2.24) is 10.2 Å². The van der Waals surface area contributed by atoms with E-state index >= 15 is 0 Å². The number of nitrogens with one attached hydrogen (secondary N) is 1. The molecule has 1 aliphatic rings. The molecule has 0 saturated carbocycles. The number of piperidine rings is 1. The zero-order valence-corrected chi connectivity index (χ0v) is 14.6. The number of carbonyl (C=O) groups excluding carboxylic acids is 1. The van der Waals surface area contributed by atoms with Crippen LogP contribution in [-0.4, -0.2) is 41.0 Å². The van der Waals surface area contributed by atoms with Crippen molar-refractivity contribution in [2.24, 2.45) is 0 Å². The van der Waals surface area contributed by atoms with Crippen molar-refractivity contribution in [2.45, 2.75) is 29.2 Å². The van der Waals surface area contributed by atoms with Gasteiger partial charge in [-0.1, -0.05) is 41.2 Å². The number of likely N-dealkylation sites (tertiary alicyclic amines) is 1. The monoisotopic (exact) mass is 364 g/mol. The fraction of sp³-hybridized carbons (Fsp3) is 0.533. The Morgan fingerprint density at radius 2 is 1.77 bits per heavy atom. The van der Waals surface area contributed by atoms with Crippen molar-refractivity contribution < 1.29 is 9.53 Å². The van der Waals surface area contributed by atoms with Crippen molar-refractivity contribution in [1.29, 1.82) is 0 Å². The van der Waals surface area contributed by atoms with Crippen molar-refractivity contribution in [3.63, 3.8) is 0 Å². The van der Waals surface area contributed by atoms with E-state index < -0.39 is 9.96 Å². The highest BCUT2D eigenvalue weighted by Crippen LogP contribution is 2.33. The van der Waals surface area contributed by atoms with Gasteiger partial charge in [-0.3, -0.25) is 9.69 Å². The van der Waals surface area contributed by atoms with Gasteiger partial charge in [0.1, 0.15) is 11.9 Å². The van der Waals surface area contributed by atoms with E-state index in [1.807, 2.05) is 4.90 Å². The highest BCUT2D eigenvalue weighted by Gasteiger charge is 2.38. The van der Waals surface area contributed by atoms with Crippen LogP contribution in [0.15, 0.2) is 24.3 Å². The first-order valence-corrected chi connectivity index (χ1v) is 8.31. The lowest BCUT2D eigenvalue weighted by atomic mass is 10.1. The second kappa shape index (κ2) is 7.73. The third-order valence-electron chi connectivity index (χ3n) is 3.69. The molecule has 2 rings (SSSR count). The predicted octanol–water partition coefficient (Wildman–Crippen LogP) is 3.61. The molecule has 1 aromatic rings. The van der Waals surface area contributed by atoms with Gasteiger partial charge in [0.15, 0.2) is 0 Å². The van der Waals surface area contributed by atoms with E-state index in [4.69, 9.17) is 39.5 Å². The minimum absolute atomic E-state index is 0.274. The molecule has 4 nitrogen and oxygen atoms in total. The Kier molecular flexibility index (Phi) is 6.21. The molecule has 0 bridgehead atoms. The van der Waals surface area contributed by atoms with Crippen molar-refractivity contribution in [3.05, 3.63) is 29.8 Å². The predicted molar refractivity (Wildman–Crippen MR) is 90.0 cm³/mol. The molecular formula is C15H19Cl3N2O2. The molecule has 1 aliphatic heterocycles. The molecule has 0 radical (unpaired) electrons. The van der Waals surface area contributed by atoms with Gasteiger partial charge in [0.05, 0.1) is 7.11 Å². The first kappa shape index (κ1) is 17.7. The molecule has 0 spiro atoms. The second-order valence-corrected chi connectivity index (χ2v) is 7.61. The van der Waals surface area contributed by atoms with Gasteiger partial charge in [-0.25, -0.2) is 0 Å². The van der Waals surface area contributed by atoms with Gasteiger partial charge in [-0.2, -0.15) is 0 Å². The Labute approximate surface area is 145 Å². The number of hydrogen-bond donors (Lipinski definition) is 1. The zero-order valence-electron chi connectivity index (χ0n) is 12.3. The van der Waals surface area contributed by atoms with Crippen LogP contribution in [-0.2, 0) is 0 Å². The molecule has 1 amide bonds. The maximum absolute atomic E-state index is 12.4. The summed E-state index contributed by atoms with van der Waals surface area (Å²) in [6, 6.07) is 6.81. The summed E-state index contributed by atoms with van der Waals surface area (Å²) >= 11 is 18.2. The van der Waals surface area contributed by atoms with Gasteiger partial charge in [-0.15, -0.1) is 0 Å². The molecule has 1 unspecified atom stereocenters. The largest absolute Gasteiger partial charge is 0.497 e. The minimum Gasteiger partial charge on any atom is -0.497 e. The number of ether oxygens (including phenoxy) is 1. The van der Waals surface area contributed by atoms with Crippen LogP contribution < -0.4 is 10.1 Å². The summed E-state index contributed by atoms with van der Waals surface area (Å²) in [5.41, 5.74) is 0.497. The van der Waals surface area contributed by atoms with Crippen LogP contribution in [0.3, 0.4) is 0 Å². The lowest BCUT2D eigenvalue weighted by Gasteiger charge is -2.38. The third kappa shape index (κ3) is 4.66. The summed E-state index contributed by atoms with van der Waals surface area (Å²) in [6.07, 6.45) is 2.59. The van der Waals surface area contributed by atoms with Gasteiger partial charge >= 0.3 is 0 Å². The first-order chi connectivity index (χ1) is 10.4. The molecule has 0 aliphatic carbocycles. The van der Waals surface area contributed by atoms with Crippen LogP contribution >= 0.6 is 34.8 Å². The maximum atomic E-state index is 12.4. The minimum atomic E-state index is -1.58. The summed E-state index contributed by atoms with van der Waals surface area (Å²) in [4.78, 5) is 14.4. The molecule has 0 aromatic heterocycles. The number of hydrogen-bond acceptors (Lipinski definition) is 3. The molecule has 1 heterocycles. The van der Waals surface area contributed by atoms with Crippen LogP contribution in [0.2, 0.25) is 0 Å². The number of alkyl halides is 3. The molecular weight excluding hydrogens is 347 g/mol. The third-order valence-corrected chi connectivity index (χ3v) is 4.31. The Hall–Kier alpha value is -0.680. The SMILES string of the molecule is COc1ccc(C(=O)NC(N2CCCCC2)C(Cl)(Cl)Cl)cc1. The number of methoxy groups -OCH3 is 1. The lowest BCUT2D eigenvalue weighted by molar-refractivity contribution is 0.0819. The van der Waals surface area contributed by atoms with E-state index in [1.165, 1.54) is 0 Å². The van der Waals surface area contributed by atoms with Gasteiger partial charge in [-0.05, 0) is 37.1 Å². The summed E-state index contributed by atoms with van der Waals surface area (Å²) in [7, 11) is 1.57. The normalized spacial score (nSPS) is 17.8. The van der Waals surface area contributed by atoms with Crippen LogP contribution in [0.4, 0.5) is 0 Å². The molecule has 122 valence electrons. The molecule has 1 N–H and O–H groups in total. The van der Waals surface area contributed by atoms with E-state index in [0.717, 1.165) is 32.4 Å². The smallest absolute Gasteiger partial charge is 0.252 e. The van der Waals surface area contributed by atoms with Crippen LogP contribution in [0.1, 0.15) is 29.6 Å². The van der Waals surface area contributed by atoms with Crippen LogP contribution in [0.5, 0.6) is 5.75 Å². The van der Waals surface area contributed by atoms with E-state index in [0.29, 0.717) is 11.3 Å². The first-order valence-electron chi connectivity index (χ1n) is 7.17. The molecule has 7 heteroatoms. The quantitative estimate of drug-likeness (QED) is 0.829. The Balaban J connectivity index is 2.09. The molecule has 1 saturated heterocycles. The van der Waals surface area contributed by atoms with E-state index in [2.05, 4.69) is 5.32 Å². The average molecular weight is 366 g/mol. The molecule has 1 aromatic carbocycles.